The maximum Gasteiger partial charge on any atom is 0.278 e. The van der Waals surface area contributed by atoms with Gasteiger partial charge in [0, 0.05) is 10.5 Å². The van der Waals surface area contributed by atoms with Crippen molar-refractivity contribution in [3.05, 3.63) is 74.2 Å². The fraction of sp³-hybridized carbons (Fsp3) is 0.0667. The summed E-state index contributed by atoms with van der Waals surface area (Å²) in [7, 11) is 0. The highest BCUT2D eigenvalue weighted by Crippen LogP contribution is 2.17. The number of hydrazone groups is 1. The molecule has 0 aliphatic rings. The minimum Gasteiger partial charge on any atom is -0.378 e. The summed E-state index contributed by atoms with van der Waals surface area (Å²) in [6, 6.07) is 12.6. The summed E-state index contributed by atoms with van der Waals surface area (Å²) in [5.41, 5.74) is 2.69. The maximum atomic E-state index is 11.8. The van der Waals surface area contributed by atoms with E-state index in [0.717, 1.165) is 10.7 Å². The number of hydrogen-bond donors (Lipinski definition) is 2. The predicted octanol–water partition coefficient (Wildman–Crippen LogP) is 2.54. The number of aliphatic hydroxyl groups is 1. The number of nitro benzene ring substituents is 1. The van der Waals surface area contributed by atoms with Crippen LogP contribution in [0.15, 0.2) is 58.1 Å². The summed E-state index contributed by atoms with van der Waals surface area (Å²) < 4.78 is 0.822. The molecule has 0 saturated heterocycles. The van der Waals surface area contributed by atoms with Crippen LogP contribution in [0.5, 0.6) is 0 Å². The van der Waals surface area contributed by atoms with Crippen LogP contribution in [-0.2, 0) is 4.79 Å². The lowest BCUT2D eigenvalue weighted by molar-refractivity contribution is -0.385. The predicted molar refractivity (Wildman–Crippen MR) is 87.9 cm³/mol. The van der Waals surface area contributed by atoms with Gasteiger partial charge in [0.15, 0.2) is 6.10 Å². The molecule has 0 aromatic heterocycles. The Morgan fingerprint density at radius 2 is 1.91 bits per heavy atom. The summed E-state index contributed by atoms with van der Waals surface area (Å²) in [6.45, 7) is 0. The first kappa shape index (κ1) is 16.8. The Morgan fingerprint density at radius 3 is 2.57 bits per heavy atom. The topological polar surface area (TPSA) is 105 Å². The third kappa shape index (κ3) is 4.44. The first-order valence-electron chi connectivity index (χ1n) is 6.49. The molecule has 8 heteroatoms. The molecule has 23 heavy (non-hydrogen) atoms. The second kappa shape index (κ2) is 7.61. The zero-order chi connectivity index (χ0) is 16.8. The quantitative estimate of drug-likeness (QED) is 0.474. The molecule has 7 nitrogen and oxygen atoms in total. The molecule has 0 aliphatic carbocycles. The van der Waals surface area contributed by atoms with Crippen molar-refractivity contribution in [2.24, 2.45) is 5.10 Å². The third-order valence-corrected chi connectivity index (χ3v) is 3.47. The number of halogens is 1. The number of hydrogen-bond acceptors (Lipinski definition) is 5. The van der Waals surface area contributed by atoms with E-state index in [4.69, 9.17) is 0 Å². The number of carbonyl (C=O) groups excluding carboxylic acids is 1. The van der Waals surface area contributed by atoms with E-state index in [1.54, 1.807) is 30.3 Å². The van der Waals surface area contributed by atoms with Crippen LogP contribution in [0.25, 0.3) is 0 Å². The van der Waals surface area contributed by atoms with Gasteiger partial charge in [0.25, 0.3) is 11.6 Å². The fourth-order valence-corrected chi connectivity index (χ4v) is 2.05. The van der Waals surface area contributed by atoms with Crippen molar-refractivity contribution in [3.63, 3.8) is 0 Å². The van der Waals surface area contributed by atoms with Crippen molar-refractivity contribution in [2.45, 2.75) is 6.10 Å². The smallest absolute Gasteiger partial charge is 0.278 e. The van der Waals surface area contributed by atoms with E-state index in [0.29, 0.717) is 5.56 Å². The number of rotatable bonds is 5. The highest BCUT2D eigenvalue weighted by molar-refractivity contribution is 9.10. The lowest BCUT2D eigenvalue weighted by Gasteiger charge is -2.08. The van der Waals surface area contributed by atoms with E-state index in [1.807, 2.05) is 0 Å². The average molecular weight is 378 g/mol. The Hall–Kier alpha value is -2.58. The number of carbonyl (C=O) groups is 1. The standard InChI is InChI=1S/C15H12BrN3O4/c16-12-7-5-10(6-8-12)14(20)15(21)18-17-9-11-3-1-2-4-13(11)19(22)23/h1-9,14,20H,(H,18,21)/b17-9-/t14-/m0/s1. The van der Waals surface area contributed by atoms with Gasteiger partial charge in [-0.1, -0.05) is 40.2 Å². The molecule has 0 bridgehead atoms. The van der Waals surface area contributed by atoms with E-state index in [2.05, 4.69) is 26.5 Å². The molecule has 0 aliphatic heterocycles. The van der Waals surface area contributed by atoms with E-state index >= 15 is 0 Å². The second-order valence-corrected chi connectivity index (χ2v) is 5.42. The molecule has 0 radical (unpaired) electrons. The third-order valence-electron chi connectivity index (χ3n) is 2.95. The molecule has 1 amide bonds. The van der Waals surface area contributed by atoms with Crippen molar-refractivity contribution in [1.29, 1.82) is 0 Å². The van der Waals surface area contributed by atoms with Crippen LogP contribution in [0.2, 0.25) is 0 Å². The van der Waals surface area contributed by atoms with Gasteiger partial charge in [-0.3, -0.25) is 14.9 Å². The number of benzene rings is 2. The molecular formula is C15H12BrN3O4. The molecule has 2 rings (SSSR count). The van der Waals surface area contributed by atoms with Crippen LogP contribution in [0, 0.1) is 10.1 Å². The molecule has 0 unspecified atom stereocenters. The van der Waals surface area contributed by atoms with Crippen molar-refractivity contribution >= 4 is 33.7 Å². The van der Waals surface area contributed by atoms with Crippen LogP contribution in [-0.4, -0.2) is 22.2 Å². The second-order valence-electron chi connectivity index (χ2n) is 4.50. The van der Waals surface area contributed by atoms with Crippen molar-refractivity contribution < 1.29 is 14.8 Å². The Balaban J connectivity index is 2.04. The van der Waals surface area contributed by atoms with E-state index in [-0.39, 0.29) is 11.3 Å². The van der Waals surface area contributed by atoms with Gasteiger partial charge in [-0.25, -0.2) is 5.43 Å². The zero-order valence-corrected chi connectivity index (χ0v) is 13.3. The lowest BCUT2D eigenvalue weighted by Crippen LogP contribution is -2.25. The molecular weight excluding hydrogens is 366 g/mol. The summed E-state index contributed by atoms with van der Waals surface area (Å²) in [5.74, 6) is -0.734. The highest BCUT2D eigenvalue weighted by Gasteiger charge is 2.16. The number of nitrogens with one attached hydrogen (secondary N) is 1. The zero-order valence-electron chi connectivity index (χ0n) is 11.7. The largest absolute Gasteiger partial charge is 0.378 e. The summed E-state index contributed by atoms with van der Waals surface area (Å²) in [6.07, 6.45) is -0.226. The molecule has 1 atom stereocenters. The van der Waals surface area contributed by atoms with Crippen molar-refractivity contribution in [2.75, 3.05) is 0 Å². The highest BCUT2D eigenvalue weighted by atomic mass is 79.9. The number of nitrogens with zero attached hydrogens (tertiary/aromatic N) is 2. The van der Waals surface area contributed by atoms with Gasteiger partial charge in [-0.05, 0) is 23.8 Å². The number of para-hydroxylation sites is 1. The SMILES string of the molecule is O=C(N/N=C\c1ccccc1[N+](=O)[O-])[C@@H](O)c1ccc(Br)cc1. The molecule has 0 saturated carbocycles. The van der Waals surface area contributed by atoms with E-state index < -0.39 is 16.9 Å². The van der Waals surface area contributed by atoms with Crippen LogP contribution < -0.4 is 5.43 Å². The summed E-state index contributed by atoms with van der Waals surface area (Å²) in [4.78, 5) is 22.1. The first-order valence-corrected chi connectivity index (χ1v) is 7.28. The van der Waals surface area contributed by atoms with E-state index in [9.17, 15) is 20.0 Å². The number of aliphatic hydroxyl groups excluding tert-OH is 1. The normalized spacial score (nSPS) is 12.1. The number of nitro groups is 1. The fourth-order valence-electron chi connectivity index (χ4n) is 1.79. The average Bonchev–Trinajstić information content (AvgIpc) is 2.55. The van der Waals surface area contributed by atoms with Crippen LogP contribution >= 0.6 is 15.9 Å². The van der Waals surface area contributed by atoms with Crippen LogP contribution in [0.3, 0.4) is 0 Å². The molecule has 2 aromatic carbocycles. The Bertz CT molecular complexity index is 747. The monoisotopic (exact) mass is 377 g/mol. The van der Waals surface area contributed by atoms with E-state index in [1.165, 1.54) is 18.2 Å². The van der Waals surface area contributed by atoms with Gasteiger partial charge in [-0.15, -0.1) is 0 Å². The Kier molecular flexibility index (Phi) is 5.56. The van der Waals surface area contributed by atoms with Crippen molar-refractivity contribution in [3.8, 4) is 0 Å². The van der Waals surface area contributed by atoms with Gasteiger partial charge in [0.2, 0.25) is 0 Å². The lowest BCUT2D eigenvalue weighted by atomic mass is 10.1. The van der Waals surface area contributed by atoms with Crippen LogP contribution in [0.4, 0.5) is 5.69 Å². The first-order chi connectivity index (χ1) is 11.0. The molecule has 118 valence electrons. The van der Waals surface area contributed by atoms with Gasteiger partial charge in [0.1, 0.15) is 0 Å². The summed E-state index contributed by atoms with van der Waals surface area (Å²) >= 11 is 3.26. The van der Waals surface area contributed by atoms with Gasteiger partial charge < -0.3 is 5.11 Å². The Labute approximate surface area is 139 Å². The van der Waals surface area contributed by atoms with Gasteiger partial charge in [0.05, 0.1) is 16.7 Å². The minimum atomic E-state index is -1.38. The maximum absolute atomic E-state index is 11.8. The van der Waals surface area contributed by atoms with Gasteiger partial charge >= 0.3 is 0 Å². The molecule has 2 N–H and O–H groups in total. The molecule has 0 heterocycles. The molecule has 2 aromatic rings. The van der Waals surface area contributed by atoms with Gasteiger partial charge in [-0.2, -0.15) is 5.10 Å². The molecule has 0 spiro atoms. The van der Waals surface area contributed by atoms with Crippen LogP contribution in [0.1, 0.15) is 17.2 Å². The Morgan fingerprint density at radius 1 is 1.26 bits per heavy atom. The summed E-state index contributed by atoms with van der Waals surface area (Å²) in [5, 5.41) is 24.4. The molecule has 0 fully saturated rings. The minimum absolute atomic E-state index is 0.126. The number of amides is 1. The van der Waals surface area contributed by atoms with Crippen molar-refractivity contribution in [1.82, 2.24) is 5.43 Å².